The fourth-order valence-corrected chi connectivity index (χ4v) is 1.94. The van der Waals surface area contributed by atoms with Gasteiger partial charge >= 0.3 is 5.97 Å². The van der Waals surface area contributed by atoms with Gasteiger partial charge in [0.1, 0.15) is 0 Å². The first-order valence-corrected chi connectivity index (χ1v) is 6.00. The summed E-state index contributed by atoms with van der Waals surface area (Å²) in [6.45, 7) is 3.97. The van der Waals surface area contributed by atoms with E-state index in [1.54, 1.807) is 19.1 Å². The van der Waals surface area contributed by atoms with Gasteiger partial charge in [-0.1, -0.05) is 13.0 Å². The van der Waals surface area contributed by atoms with E-state index in [-0.39, 0.29) is 11.8 Å². The van der Waals surface area contributed by atoms with Crippen molar-refractivity contribution in [3.63, 3.8) is 0 Å². The molecule has 0 aliphatic rings. The number of rotatable bonds is 4. The molecule has 0 bridgehead atoms. The van der Waals surface area contributed by atoms with Crippen molar-refractivity contribution in [2.45, 2.75) is 26.1 Å². The SMILES string of the molecule is CCOC(=O)c1ccc(CCl)c(C#N)c1CC. The van der Waals surface area contributed by atoms with Crippen LogP contribution in [0.3, 0.4) is 0 Å². The Morgan fingerprint density at radius 2 is 2.18 bits per heavy atom. The Morgan fingerprint density at radius 1 is 1.47 bits per heavy atom. The highest BCUT2D eigenvalue weighted by Crippen LogP contribution is 2.22. The molecule has 0 unspecified atom stereocenters. The summed E-state index contributed by atoms with van der Waals surface area (Å²) in [5.74, 6) is -0.124. The van der Waals surface area contributed by atoms with Crippen LogP contribution in [-0.4, -0.2) is 12.6 Å². The third kappa shape index (κ3) is 2.78. The third-order valence-electron chi connectivity index (χ3n) is 2.50. The second-order valence-electron chi connectivity index (χ2n) is 3.45. The van der Waals surface area contributed by atoms with E-state index in [0.29, 0.717) is 29.7 Å². The molecule has 0 saturated heterocycles. The molecule has 0 spiro atoms. The van der Waals surface area contributed by atoms with Crippen LogP contribution in [-0.2, 0) is 17.0 Å². The molecular formula is C13H14ClNO2. The molecule has 0 aromatic heterocycles. The number of ether oxygens (including phenoxy) is 1. The zero-order valence-corrected chi connectivity index (χ0v) is 10.7. The predicted octanol–water partition coefficient (Wildman–Crippen LogP) is 3.04. The molecule has 0 saturated carbocycles. The molecule has 0 fully saturated rings. The summed E-state index contributed by atoms with van der Waals surface area (Å²) in [5, 5.41) is 9.14. The molecular weight excluding hydrogens is 238 g/mol. The van der Waals surface area contributed by atoms with Crippen LogP contribution in [0.25, 0.3) is 0 Å². The van der Waals surface area contributed by atoms with Crippen molar-refractivity contribution >= 4 is 17.6 Å². The van der Waals surface area contributed by atoms with Crippen LogP contribution in [0.1, 0.15) is 40.9 Å². The topological polar surface area (TPSA) is 50.1 Å². The number of halogens is 1. The maximum atomic E-state index is 11.7. The molecule has 3 nitrogen and oxygen atoms in total. The van der Waals surface area contributed by atoms with Crippen molar-refractivity contribution in [1.29, 1.82) is 5.26 Å². The van der Waals surface area contributed by atoms with E-state index in [4.69, 9.17) is 21.6 Å². The average Bonchev–Trinajstić information content (AvgIpc) is 2.36. The number of benzene rings is 1. The van der Waals surface area contributed by atoms with Gasteiger partial charge in [-0.05, 0) is 30.5 Å². The van der Waals surface area contributed by atoms with E-state index in [9.17, 15) is 4.79 Å². The van der Waals surface area contributed by atoms with Crippen LogP contribution in [0.5, 0.6) is 0 Å². The normalized spacial score (nSPS) is 9.76. The van der Waals surface area contributed by atoms with Crippen LogP contribution in [0.2, 0.25) is 0 Å². The monoisotopic (exact) mass is 251 g/mol. The van der Waals surface area contributed by atoms with Gasteiger partial charge in [0.05, 0.1) is 23.8 Å². The number of carbonyl (C=O) groups excluding carboxylic acids is 1. The Bertz CT molecular complexity index is 463. The molecule has 0 amide bonds. The van der Waals surface area contributed by atoms with Crippen molar-refractivity contribution in [3.05, 3.63) is 34.4 Å². The molecule has 0 atom stereocenters. The first-order valence-electron chi connectivity index (χ1n) is 5.47. The molecule has 90 valence electrons. The summed E-state index contributed by atoms with van der Waals surface area (Å²) in [6, 6.07) is 5.49. The highest BCUT2D eigenvalue weighted by atomic mass is 35.5. The van der Waals surface area contributed by atoms with E-state index in [2.05, 4.69) is 6.07 Å². The molecule has 0 radical (unpaired) electrons. The van der Waals surface area contributed by atoms with Crippen LogP contribution in [0, 0.1) is 11.3 Å². The first-order chi connectivity index (χ1) is 8.19. The van der Waals surface area contributed by atoms with E-state index < -0.39 is 0 Å². The standard InChI is InChI=1S/C13H14ClNO2/c1-3-10-11(13(16)17-4-2)6-5-9(7-14)12(10)8-15/h5-6H,3-4,7H2,1-2H3. The predicted molar refractivity (Wildman–Crippen MR) is 66.0 cm³/mol. The number of esters is 1. The van der Waals surface area contributed by atoms with Gasteiger partial charge in [0.25, 0.3) is 0 Å². The van der Waals surface area contributed by atoms with E-state index in [1.807, 2.05) is 6.92 Å². The van der Waals surface area contributed by atoms with E-state index in [0.717, 1.165) is 5.56 Å². The van der Waals surface area contributed by atoms with Gasteiger partial charge in [-0.25, -0.2) is 4.79 Å². The number of nitriles is 1. The highest BCUT2D eigenvalue weighted by Gasteiger charge is 2.17. The summed E-state index contributed by atoms with van der Waals surface area (Å²) in [4.78, 5) is 11.7. The number of hydrogen-bond donors (Lipinski definition) is 0. The van der Waals surface area contributed by atoms with Gasteiger partial charge in [-0.3, -0.25) is 0 Å². The number of hydrogen-bond acceptors (Lipinski definition) is 3. The van der Waals surface area contributed by atoms with Gasteiger partial charge in [0, 0.05) is 5.88 Å². The second-order valence-corrected chi connectivity index (χ2v) is 3.71. The van der Waals surface area contributed by atoms with E-state index in [1.165, 1.54) is 0 Å². The van der Waals surface area contributed by atoms with Crippen LogP contribution >= 0.6 is 11.6 Å². The Morgan fingerprint density at radius 3 is 2.65 bits per heavy atom. The van der Waals surface area contributed by atoms with Gasteiger partial charge < -0.3 is 4.74 Å². The minimum Gasteiger partial charge on any atom is -0.462 e. The molecule has 1 aromatic rings. The number of carbonyl (C=O) groups is 1. The van der Waals surface area contributed by atoms with Crippen molar-refractivity contribution in [1.82, 2.24) is 0 Å². The fraction of sp³-hybridized carbons (Fsp3) is 0.385. The van der Waals surface area contributed by atoms with Crippen molar-refractivity contribution in [2.75, 3.05) is 6.61 Å². The number of alkyl halides is 1. The van der Waals surface area contributed by atoms with Gasteiger partial charge in [0.15, 0.2) is 0 Å². The smallest absolute Gasteiger partial charge is 0.338 e. The zero-order chi connectivity index (χ0) is 12.8. The largest absolute Gasteiger partial charge is 0.462 e. The number of nitrogens with zero attached hydrogens (tertiary/aromatic N) is 1. The molecule has 0 aliphatic carbocycles. The average molecular weight is 252 g/mol. The Kier molecular flexibility index (Phi) is 4.99. The lowest BCUT2D eigenvalue weighted by Gasteiger charge is -2.11. The van der Waals surface area contributed by atoms with Gasteiger partial charge in [-0.15, -0.1) is 11.6 Å². The summed E-state index contributed by atoms with van der Waals surface area (Å²) in [6.07, 6.45) is 0.599. The maximum absolute atomic E-state index is 11.7. The van der Waals surface area contributed by atoms with Crippen LogP contribution in [0.15, 0.2) is 12.1 Å². The molecule has 1 rings (SSSR count). The molecule has 17 heavy (non-hydrogen) atoms. The third-order valence-corrected chi connectivity index (χ3v) is 2.79. The zero-order valence-electron chi connectivity index (χ0n) is 9.92. The van der Waals surface area contributed by atoms with Gasteiger partial charge in [0.2, 0.25) is 0 Å². The summed E-state index contributed by atoms with van der Waals surface area (Å²) in [5.41, 5.74) is 2.41. The molecule has 0 aliphatic heterocycles. The Labute approximate surface area is 106 Å². The lowest BCUT2D eigenvalue weighted by molar-refractivity contribution is 0.0525. The van der Waals surface area contributed by atoms with E-state index >= 15 is 0 Å². The quantitative estimate of drug-likeness (QED) is 0.610. The van der Waals surface area contributed by atoms with Gasteiger partial charge in [-0.2, -0.15) is 5.26 Å². The van der Waals surface area contributed by atoms with Crippen molar-refractivity contribution in [2.24, 2.45) is 0 Å². The second kappa shape index (κ2) is 6.27. The Balaban J connectivity index is 3.34. The molecule has 1 aromatic carbocycles. The van der Waals surface area contributed by atoms with Crippen LogP contribution < -0.4 is 0 Å². The minimum atomic E-state index is -0.387. The maximum Gasteiger partial charge on any atom is 0.338 e. The molecule has 0 heterocycles. The lowest BCUT2D eigenvalue weighted by atomic mass is 9.95. The fourth-order valence-electron chi connectivity index (χ4n) is 1.71. The minimum absolute atomic E-state index is 0.263. The Hall–Kier alpha value is -1.53. The summed E-state index contributed by atoms with van der Waals surface area (Å²) >= 11 is 5.77. The van der Waals surface area contributed by atoms with Crippen LogP contribution in [0.4, 0.5) is 0 Å². The first kappa shape index (κ1) is 13.5. The molecule has 0 N–H and O–H groups in total. The molecule has 4 heteroatoms. The van der Waals surface area contributed by atoms with Crippen molar-refractivity contribution < 1.29 is 9.53 Å². The summed E-state index contributed by atoms with van der Waals surface area (Å²) < 4.78 is 4.96. The summed E-state index contributed by atoms with van der Waals surface area (Å²) in [7, 11) is 0. The van der Waals surface area contributed by atoms with Crippen molar-refractivity contribution in [3.8, 4) is 6.07 Å². The lowest BCUT2D eigenvalue weighted by Crippen LogP contribution is -2.10. The highest BCUT2D eigenvalue weighted by molar-refractivity contribution is 6.17.